The molecule has 1 N–H and O–H groups in total. The molecule has 3 heteroatoms. The summed E-state index contributed by atoms with van der Waals surface area (Å²) in [6, 6.07) is 0.301. The molecule has 0 saturated heterocycles. The van der Waals surface area contributed by atoms with Gasteiger partial charge in [0, 0.05) is 12.6 Å². The summed E-state index contributed by atoms with van der Waals surface area (Å²) in [6.45, 7) is 1.98. The van der Waals surface area contributed by atoms with E-state index in [9.17, 15) is 0 Å². The smallest absolute Gasteiger partial charge is 0.208 e. The van der Waals surface area contributed by atoms with Crippen molar-refractivity contribution in [1.82, 2.24) is 5.32 Å². The summed E-state index contributed by atoms with van der Waals surface area (Å²) in [5.74, 6) is 0.740. The fourth-order valence-corrected chi connectivity index (χ4v) is 1.64. The summed E-state index contributed by atoms with van der Waals surface area (Å²) in [7, 11) is 1.66. The molecule has 0 fully saturated rings. The molecular weight excluding hydrogens is 164 g/mol. The van der Waals surface area contributed by atoms with Crippen molar-refractivity contribution in [2.24, 2.45) is 4.99 Å². The molecule has 0 bridgehead atoms. The second kappa shape index (κ2) is 3.75. The molecule has 0 amide bonds. The molecule has 0 aromatic carbocycles. The molecule has 1 atom stereocenters. The van der Waals surface area contributed by atoms with Gasteiger partial charge in [-0.05, 0) is 18.5 Å². The molecular formula is C10H14N2O. The Morgan fingerprint density at radius 2 is 2.46 bits per heavy atom. The Morgan fingerprint density at radius 1 is 1.54 bits per heavy atom. The average molecular weight is 178 g/mol. The Balaban J connectivity index is 2.20. The van der Waals surface area contributed by atoms with E-state index in [1.165, 1.54) is 5.57 Å². The van der Waals surface area contributed by atoms with Crippen LogP contribution in [0.2, 0.25) is 0 Å². The first-order valence-corrected chi connectivity index (χ1v) is 4.61. The normalized spacial score (nSPS) is 27.0. The average Bonchev–Trinajstić information content (AvgIpc) is 2.41. The van der Waals surface area contributed by atoms with Crippen molar-refractivity contribution in [1.29, 1.82) is 0 Å². The zero-order valence-electron chi connectivity index (χ0n) is 7.79. The first kappa shape index (κ1) is 8.51. The lowest BCUT2D eigenvalue weighted by Crippen LogP contribution is -2.18. The van der Waals surface area contributed by atoms with Crippen LogP contribution in [0.4, 0.5) is 0 Å². The van der Waals surface area contributed by atoms with E-state index in [0.29, 0.717) is 6.04 Å². The van der Waals surface area contributed by atoms with E-state index in [2.05, 4.69) is 22.5 Å². The molecule has 2 aliphatic heterocycles. The van der Waals surface area contributed by atoms with Gasteiger partial charge in [-0.2, -0.15) is 0 Å². The summed E-state index contributed by atoms with van der Waals surface area (Å²) >= 11 is 0. The number of rotatable bonds is 0. The molecule has 70 valence electrons. The first-order chi connectivity index (χ1) is 6.40. The van der Waals surface area contributed by atoms with Crippen LogP contribution in [0.25, 0.3) is 0 Å². The van der Waals surface area contributed by atoms with Crippen molar-refractivity contribution < 1.29 is 4.74 Å². The summed E-state index contributed by atoms with van der Waals surface area (Å²) in [4.78, 5) is 4.48. The predicted octanol–water partition coefficient (Wildman–Crippen LogP) is 0.889. The van der Waals surface area contributed by atoms with Crippen LogP contribution in [0, 0.1) is 0 Å². The summed E-state index contributed by atoms with van der Waals surface area (Å²) in [5.41, 5.74) is 1.31. The van der Waals surface area contributed by atoms with Gasteiger partial charge in [0.2, 0.25) is 5.90 Å². The minimum Gasteiger partial charge on any atom is -0.481 e. The Bertz CT molecular complexity index is 279. The van der Waals surface area contributed by atoms with E-state index in [1.54, 1.807) is 7.11 Å². The monoisotopic (exact) mass is 178 g/mol. The van der Waals surface area contributed by atoms with Crippen LogP contribution in [-0.4, -0.2) is 32.1 Å². The molecule has 2 aliphatic rings. The lowest BCUT2D eigenvalue weighted by molar-refractivity contribution is 0.400. The Kier molecular flexibility index (Phi) is 2.45. The highest BCUT2D eigenvalue weighted by molar-refractivity contribution is 5.89. The topological polar surface area (TPSA) is 33.6 Å². The molecule has 0 saturated carbocycles. The van der Waals surface area contributed by atoms with Crippen LogP contribution < -0.4 is 5.32 Å². The van der Waals surface area contributed by atoms with Gasteiger partial charge in [0.1, 0.15) is 0 Å². The zero-order valence-corrected chi connectivity index (χ0v) is 7.79. The van der Waals surface area contributed by atoms with Crippen molar-refractivity contribution in [3.05, 3.63) is 23.8 Å². The maximum Gasteiger partial charge on any atom is 0.208 e. The van der Waals surface area contributed by atoms with Crippen molar-refractivity contribution in [2.45, 2.75) is 12.5 Å². The molecule has 3 nitrogen and oxygen atoms in total. The van der Waals surface area contributed by atoms with Gasteiger partial charge >= 0.3 is 0 Å². The maximum absolute atomic E-state index is 5.10. The van der Waals surface area contributed by atoms with Crippen molar-refractivity contribution in [3.63, 3.8) is 0 Å². The highest BCUT2D eigenvalue weighted by Crippen LogP contribution is 2.18. The fraction of sp³-hybridized carbons (Fsp3) is 0.500. The minimum absolute atomic E-state index is 0.301. The third kappa shape index (κ3) is 1.80. The fourth-order valence-electron chi connectivity index (χ4n) is 1.64. The highest BCUT2D eigenvalue weighted by Gasteiger charge is 2.17. The van der Waals surface area contributed by atoms with E-state index >= 15 is 0 Å². The van der Waals surface area contributed by atoms with Crippen molar-refractivity contribution in [3.8, 4) is 0 Å². The third-order valence-electron chi connectivity index (χ3n) is 2.37. The van der Waals surface area contributed by atoms with Gasteiger partial charge in [-0.25, -0.2) is 4.99 Å². The van der Waals surface area contributed by atoms with Gasteiger partial charge < -0.3 is 10.1 Å². The molecule has 0 aromatic heterocycles. The molecule has 0 unspecified atom stereocenters. The number of nitrogens with zero attached hydrogens (tertiary/aromatic N) is 1. The van der Waals surface area contributed by atoms with Crippen LogP contribution in [0.15, 0.2) is 28.8 Å². The van der Waals surface area contributed by atoms with Gasteiger partial charge in [-0.15, -0.1) is 0 Å². The highest BCUT2D eigenvalue weighted by atomic mass is 16.5. The largest absolute Gasteiger partial charge is 0.481 e. The number of dihydropyridines is 1. The van der Waals surface area contributed by atoms with E-state index in [0.717, 1.165) is 25.4 Å². The maximum atomic E-state index is 5.10. The van der Waals surface area contributed by atoms with Gasteiger partial charge in [0.05, 0.1) is 13.2 Å². The van der Waals surface area contributed by atoms with Crippen LogP contribution in [-0.2, 0) is 4.74 Å². The van der Waals surface area contributed by atoms with E-state index in [4.69, 9.17) is 4.74 Å². The van der Waals surface area contributed by atoms with Crippen molar-refractivity contribution in [2.75, 3.05) is 20.2 Å². The molecule has 2 heterocycles. The molecule has 0 spiro atoms. The summed E-state index contributed by atoms with van der Waals surface area (Å²) in [5, 5.41) is 3.32. The predicted molar refractivity (Wildman–Crippen MR) is 52.9 cm³/mol. The summed E-state index contributed by atoms with van der Waals surface area (Å²) < 4.78 is 5.10. The third-order valence-corrected chi connectivity index (χ3v) is 2.37. The second-order valence-electron chi connectivity index (χ2n) is 3.22. The van der Waals surface area contributed by atoms with Crippen LogP contribution in [0.3, 0.4) is 0 Å². The van der Waals surface area contributed by atoms with E-state index in [1.807, 2.05) is 6.08 Å². The number of hydrogen-bond acceptors (Lipinski definition) is 3. The van der Waals surface area contributed by atoms with Crippen molar-refractivity contribution >= 4 is 5.90 Å². The standard InChI is InChI=1S/C10H14N2O/c1-13-10-3-2-8-4-6-11-7-5-9(8)12-10/h2-4,9,11H,5-7H2,1H3/t9-/m0/s1. The van der Waals surface area contributed by atoms with Gasteiger partial charge in [-0.3, -0.25) is 0 Å². The number of hydrogen-bond donors (Lipinski definition) is 1. The van der Waals surface area contributed by atoms with Gasteiger partial charge in [0.25, 0.3) is 0 Å². The Hall–Kier alpha value is -1.09. The first-order valence-electron chi connectivity index (χ1n) is 4.61. The zero-order chi connectivity index (χ0) is 9.10. The lowest BCUT2D eigenvalue weighted by atomic mass is 10.0. The second-order valence-corrected chi connectivity index (χ2v) is 3.22. The number of nitrogens with one attached hydrogen (secondary N) is 1. The van der Waals surface area contributed by atoms with Crippen LogP contribution >= 0.6 is 0 Å². The molecule has 13 heavy (non-hydrogen) atoms. The summed E-state index contributed by atoms with van der Waals surface area (Å²) in [6.07, 6.45) is 7.28. The lowest BCUT2D eigenvalue weighted by Gasteiger charge is -2.16. The SMILES string of the molecule is COC1=N[C@H]2CCNCC=C2C=C1. The van der Waals surface area contributed by atoms with Gasteiger partial charge in [0.15, 0.2) is 0 Å². The van der Waals surface area contributed by atoms with Crippen LogP contribution in [0.1, 0.15) is 6.42 Å². The Labute approximate surface area is 78.2 Å². The molecule has 0 aromatic rings. The van der Waals surface area contributed by atoms with Gasteiger partial charge in [-0.1, -0.05) is 12.2 Å². The number of ether oxygens (including phenoxy) is 1. The molecule has 0 radical (unpaired) electrons. The van der Waals surface area contributed by atoms with E-state index < -0.39 is 0 Å². The van der Waals surface area contributed by atoms with E-state index in [-0.39, 0.29) is 0 Å². The Morgan fingerprint density at radius 3 is 3.31 bits per heavy atom. The quantitative estimate of drug-likeness (QED) is 0.597. The number of methoxy groups -OCH3 is 1. The van der Waals surface area contributed by atoms with Crippen LogP contribution in [0.5, 0.6) is 0 Å². The minimum atomic E-state index is 0.301. The molecule has 0 aliphatic carbocycles. The number of aliphatic imine (C=N–C) groups is 1. The molecule has 2 rings (SSSR count). The number of fused-ring (bicyclic) bond motifs is 1.